The fraction of sp³-hybridized carbons (Fsp3) is 0.263. The largest absolute Gasteiger partial charge is 0.341 e. The summed E-state index contributed by atoms with van der Waals surface area (Å²) in [4.78, 5) is 11.3. The highest BCUT2D eigenvalue weighted by Gasteiger charge is 2.12. The van der Waals surface area contributed by atoms with Crippen molar-refractivity contribution >= 4 is 18.1 Å². The third kappa shape index (κ3) is 4.04. The van der Waals surface area contributed by atoms with Crippen molar-refractivity contribution in [2.75, 3.05) is 18.0 Å². The van der Waals surface area contributed by atoms with Crippen molar-refractivity contribution in [2.24, 2.45) is 0 Å². The molecule has 0 unspecified atom stereocenters. The van der Waals surface area contributed by atoms with Gasteiger partial charge in [0.1, 0.15) is 0 Å². The van der Waals surface area contributed by atoms with Crippen LogP contribution in [0.2, 0.25) is 0 Å². The smallest absolute Gasteiger partial charge is 0.225 e. The summed E-state index contributed by atoms with van der Waals surface area (Å²) in [5, 5.41) is 0. The molecule has 1 aliphatic heterocycles. The van der Waals surface area contributed by atoms with Crippen molar-refractivity contribution in [3.05, 3.63) is 66.0 Å². The second kappa shape index (κ2) is 7.55. The molecule has 0 N–H and O–H groups in total. The van der Waals surface area contributed by atoms with Crippen molar-refractivity contribution in [3.8, 4) is 0 Å². The van der Waals surface area contributed by atoms with Crippen LogP contribution in [-0.4, -0.2) is 23.1 Å². The Hall–Kier alpha value is -2.42. The first kappa shape index (κ1) is 14.5. The van der Waals surface area contributed by atoms with E-state index in [-0.39, 0.29) is 0 Å². The van der Waals surface area contributed by atoms with Gasteiger partial charge in [0.2, 0.25) is 5.95 Å². The average molecular weight is 291 g/mol. The van der Waals surface area contributed by atoms with Crippen molar-refractivity contribution < 1.29 is 0 Å². The van der Waals surface area contributed by atoms with Gasteiger partial charge in [0.15, 0.2) is 0 Å². The normalized spacial score (nSPS) is 15.7. The van der Waals surface area contributed by atoms with E-state index in [9.17, 15) is 0 Å². The first-order chi connectivity index (χ1) is 10.9. The van der Waals surface area contributed by atoms with Gasteiger partial charge in [0.05, 0.1) is 5.69 Å². The zero-order valence-electron chi connectivity index (χ0n) is 12.7. The van der Waals surface area contributed by atoms with Crippen molar-refractivity contribution in [2.45, 2.75) is 19.3 Å². The molecule has 0 spiro atoms. The predicted molar refractivity (Wildman–Crippen MR) is 92.6 cm³/mol. The number of rotatable bonds is 4. The zero-order chi connectivity index (χ0) is 15.0. The summed E-state index contributed by atoms with van der Waals surface area (Å²) in [6, 6.07) is 12.2. The number of anilines is 1. The summed E-state index contributed by atoms with van der Waals surface area (Å²) in [5.41, 5.74) is 2.15. The highest BCUT2D eigenvalue weighted by Crippen LogP contribution is 2.15. The predicted octanol–water partition coefficient (Wildman–Crippen LogP) is 4.19. The Bertz CT molecular complexity index is 641. The van der Waals surface area contributed by atoms with Gasteiger partial charge >= 0.3 is 0 Å². The van der Waals surface area contributed by atoms with Crippen molar-refractivity contribution in [3.63, 3.8) is 0 Å². The summed E-state index contributed by atoms with van der Waals surface area (Å²) < 4.78 is 0. The van der Waals surface area contributed by atoms with Crippen LogP contribution in [0.3, 0.4) is 0 Å². The quantitative estimate of drug-likeness (QED) is 0.791. The number of nitrogens with zero attached hydrogens (tertiary/aromatic N) is 3. The van der Waals surface area contributed by atoms with Crippen LogP contribution in [0.25, 0.3) is 12.2 Å². The molecule has 2 heterocycles. The maximum atomic E-state index is 4.64. The van der Waals surface area contributed by atoms with E-state index < -0.39 is 0 Å². The fourth-order valence-electron chi connectivity index (χ4n) is 2.59. The van der Waals surface area contributed by atoms with Gasteiger partial charge in [-0.1, -0.05) is 48.6 Å². The molecule has 1 fully saturated rings. The van der Waals surface area contributed by atoms with Crippen LogP contribution < -0.4 is 4.90 Å². The van der Waals surface area contributed by atoms with Gasteiger partial charge in [-0.25, -0.2) is 9.97 Å². The molecular weight excluding hydrogens is 270 g/mol. The highest BCUT2D eigenvalue weighted by molar-refractivity contribution is 5.55. The lowest BCUT2D eigenvalue weighted by molar-refractivity contribution is 0.568. The van der Waals surface area contributed by atoms with Gasteiger partial charge in [-0.15, -0.1) is 0 Å². The van der Waals surface area contributed by atoms with Gasteiger partial charge in [0, 0.05) is 19.3 Å². The number of benzene rings is 1. The van der Waals surface area contributed by atoms with Crippen LogP contribution in [-0.2, 0) is 0 Å². The van der Waals surface area contributed by atoms with E-state index in [1.807, 2.05) is 48.7 Å². The molecule has 0 atom stereocenters. The molecule has 1 aromatic carbocycles. The van der Waals surface area contributed by atoms with Gasteiger partial charge in [-0.2, -0.15) is 0 Å². The fourth-order valence-corrected chi connectivity index (χ4v) is 2.59. The van der Waals surface area contributed by atoms with Crippen LogP contribution in [0.4, 0.5) is 5.95 Å². The van der Waals surface area contributed by atoms with Crippen molar-refractivity contribution in [1.82, 2.24) is 9.97 Å². The zero-order valence-corrected chi connectivity index (χ0v) is 12.7. The Morgan fingerprint density at radius 1 is 0.864 bits per heavy atom. The standard InChI is InChI=1S/C19H21N3/c1-3-9-17(10-4-1)11-5-6-12-18-13-14-20-19(21-18)22-15-7-2-8-16-22/h1,3-6,9-14H,2,7-8,15-16H2. The molecule has 0 bridgehead atoms. The molecule has 1 saturated heterocycles. The second-order valence-electron chi connectivity index (χ2n) is 5.46. The van der Waals surface area contributed by atoms with E-state index in [1.54, 1.807) is 0 Å². The van der Waals surface area contributed by atoms with E-state index >= 15 is 0 Å². The van der Waals surface area contributed by atoms with Crippen LogP contribution in [0.5, 0.6) is 0 Å². The Balaban J connectivity index is 1.65. The van der Waals surface area contributed by atoms with E-state index in [1.165, 1.54) is 24.8 Å². The summed E-state index contributed by atoms with van der Waals surface area (Å²) in [6.07, 6.45) is 13.8. The molecule has 112 valence electrons. The maximum absolute atomic E-state index is 4.64. The third-order valence-corrected chi connectivity index (χ3v) is 3.77. The summed E-state index contributed by atoms with van der Waals surface area (Å²) in [7, 11) is 0. The van der Waals surface area contributed by atoms with Crippen LogP contribution in [0.15, 0.2) is 54.7 Å². The van der Waals surface area contributed by atoms with E-state index in [4.69, 9.17) is 0 Å². The lowest BCUT2D eigenvalue weighted by Gasteiger charge is -2.26. The van der Waals surface area contributed by atoms with Gasteiger partial charge in [-0.3, -0.25) is 0 Å². The number of hydrogen-bond donors (Lipinski definition) is 0. The molecule has 0 amide bonds. The topological polar surface area (TPSA) is 29.0 Å². The van der Waals surface area contributed by atoms with Gasteiger partial charge in [0.25, 0.3) is 0 Å². The minimum absolute atomic E-state index is 0.855. The van der Waals surface area contributed by atoms with Crippen molar-refractivity contribution in [1.29, 1.82) is 0 Å². The molecule has 1 aromatic heterocycles. The Labute approximate surface area is 132 Å². The molecule has 3 nitrogen and oxygen atoms in total. The Kier molecular flexibility index (Phi) is 4.98. The summed E-state index contributed by atoms with van der Waals surface area (Å²) in [6.45, 7) is 2.14. The first-order valence-corrected chi connectivity index (χ1v) is 7.90. The lowest BCUT2D eigenvalue weighted by atomic mass is 10.1. The minimum Gasteiger partial charge on any atom is -0.341 e. The van der Waals surface area contributed by atoms with Crippen LogP contribution in [0, 0.1) is 0 Å². The SMILES string of the molecule is C(C=Cc1ccnc(N2CCCCC2)n1)=Cc1ccccc1. The van der Waals surface area contributed by atoms with E-state index in [0.29, 0.717) is 0 Å². The molecule has 1 aliphatic rings. The van der Waals surface area contributed by atoms with Gasteiger partial charge in [-0.05, 0) is 37.0 Å². The highest BCUT2D eigenvalue weighted by atomic mass is 15.2. The summed E-state index contributed by atoms with van der Waals surface area (Å²) >= 11 is 0. The molecule has 3 rings (SSSR count). The molecule has 0 saturated carbocycles. The van der Waals surface area contributed by atoms with Crippen LogP contribution >= 0.6 is 0 Å². The molecule has 3 heteroatoms. The van der Waals surface area contributed by atoms with E-state index in [2.05, 4.69) is 33.1 Å². The monoisotopic (exact) mass is 291 g/mol. The minimum atomic E-state index is 0.855. The second-order valence-corrected chi connectivity index (χ2v) is 5.46. The summed E-state index contributed by atoms with van der Waals surface area (Å²) in [5.74, 6) is 0.855. The maximum Gasteiger partial charge on any atom is 0.225 e. The number of allylic oxidation sites excluding steroid dienone is 2. The van der Waals surface area contributed by atoms with E-state index in [0.717, 1.165) is 24.7 Å². The Morgan fingerprint density at radius 3 is 2.45 bits per heavy atom. The number of piperidine rings is 1. The lowest BCUT2D eigenvalue weighted by Crippen LogP contribution is -2.31. The molecular formula is C19H21N3. The first-order valence-electron chi connectivity index (χ1n) is 7.90. The average Bonchev–Trinajstić information content (AvgIpc) is 2.61. The molecule has 2 aromatic rings. The number of aromatic nitrogens is 2. The van der Waals surface area contributed by atoms with Crippen LogP contribution in [0.1, 0.15) is 30.5 Å². The molecule has 0 aliphatic carbocycles. The number of hydrogen-bond acceptors (Lipinski definition) is 3. The third-order valence-electron chi connectivity index (χ3n) is 3.77. The molecule has 0 radical (unpaired) electrons. The van der Waals surface area contributed by atoms with Gasteiger partial charge < -0.3 is 4.90 Å². The Morgan fingerprint density at radius 2 is 1.64 bits per heavy atom. The molecule has 22 heavy (non-hydrogen) atoms.